The molecule has 0 fully saturated rings. The second-order valence-electron chi connectivity index (χ2n) is 14.8. The third-order valence-corrected chi connectivity index (χ3v) is 11.2. The van der Waals surface area contributed by atoms with Gasteiger partial charge in [0.05, 0.1) is 16.7 Å². The van der Waals surface area contributed by atoms with Crippen LogP contribution in [0.15, 0.2) is 218 Å². The SMILES string of the molecule is c1ccc(-c2ccc(-c3nc(-c4ccccc4)nc(-c4cc(-c5ccccc5)c5c6cc(-c7ccccc7)ccc6n(-c6cccc7ccccc67)c5c4)n3)cc2)cc1. The van der Waals surface area contributed by atoms with Crippen LogP contribution in [0.1, 0.15) is 0 Å². The van der Waals surface area contributed by atoms with Gasteiger partial charge in [-0.1, -0.05) is 188 Å². The standard InChI is InChI=1S/C55H36N4/c1-5-16-37(17-6-1)39-28-30-43(31-29-39)54-56-53(42-23-11-4-12-24-42)57-55(58-54)45-35-47(41-20-9-3-10-21-41)52-48-34-44(38-18-7-2-8-19-38)32-33-50(48)59(51(52)36-45)49-27-15-25-40-22-13-14-26-46(40)49/h1-36H. The van der Waals surface area contributed by atoms with E-state index in [1.807, 2.05) is 24.3 Å². The summed E-state index contributed by atoms with van der Waals surface area (Å²) >= 11 is 0. The van der Waals surface area contributed by atoms with Gasteiger partial charge >= 0.3 is 0 Å². The summed E-state index contributed by atoms with van der Waals surface area (Å²) in [6.07, 6.45) is 0. The minimum atomic E-state index is 0.611. The smallest absolute Gasteiger partial charge is 0.164 e. The van der Waals surface area contributed by atoms with Gasteiger partial charge in [-0.3, -0.25) is 0 Å². The van der Waals surface area contributed by atoms with Gasteiger partial charge in [0.2, 0.25) is 0 Å². The lowest BCUT2D eigenvalue weighted by molar-refractivity contribution is 1.07. The van der Waals surface area contributed by atoms with Gasteiger partial charge in [-0.25, -0.2) is 15.0 Å². The molecule has 2 aromatic heterocycles. The van der Waals surface area contributed by atoms with E-state index >= 15 is 0 Å². The van der Waals surface area contributed by atoms with Gasteiger partial charge in [0.25, 0.3) is 0 Å². The Morgan fingerprint density at radius 1 is 0.288 bits per heavy atom. The van der Waals surface area contributed by atoms with Crippen molar-refractivity contribution >= 4 is 32.6 Å². The fourth-order valence-electron chi connectivity index (χ4n) is 8.39. The van der Waals surface area contributed by atoms with E-state index in [9.17, 15) is 0 Å². The van der Waals surface area contributed by atoms with Crippen LogP contribution in [0.4, 0.5) is 0 Å². The van der Waals surface area contributed by atoms with Crippen molar-refractivity contribution in [2.45, 2.75) is 0 Å². The molecule has 2 heterocycles. The molecular formula is C55H36N4. The molecule has 0 aliphatic rings. The highest BCUT2D eigenvalue weighted by Gasteiger charge is 2.22. The van der Waals surface area contributed by atoms with E-state index in [2.05, 4.69) is 199 Å². The highest BCUT2D eigenvalue weighted by Crippen LogP contribution is 2.43. The van der Waals surface area contributed by atoms with Gasteiger partial charge in [-0.15, -0.1) is 0 Å². The van der Waals surface area contributed by atoms with Crippen LogP contribution >= 0.6 is 0 Å². The molecule has 0 N–H and O–H groups in total. The van der Waals surface area contributed by atoms with Crippen molar-refractivity contribution < 1.29 is 0 Å². The molecule has 0 atom stereocenters. The van der Waals surface area contributed by atoms with Crippen molar-refractivity contribution in [3.8, 4) is 73.2 Å². The molecular weight excluding hydrogens is 717 g/mol. The molecule has 276 valence electrons. The Hall–Kier alpha value is -7.95. The van der Waals surface area contributed by atoms with E-state index in [-0.39, 0.29) is 0 Å². The number of nitrogens with zero attached hydrogens (tertiary/aromatic N) is 4. The third kappa shape index (κ3) is 6.24. The highest BCUT2D eigenvalue weighted by atomic mass is 15.0. The highest BCUT2D eigenvalue weighted by molar-refractivity contribution is 6.18. The number of rotatable bonds is 7. The van der Waals surface area contributed by atoms with E-state index in [1.165, 1.54) is 38.2 Å². The van der Waals surface area contributed by atoms with Crippen molar-refractivity contribution in [2.24, 2.45) is 0 Å². The molecule has 11 aromatic rings. The molecule has 0 unspecified atom stereocenters. The fraction of sp³-hybridized carbons (Fsp3) is 0. The fourth-order valence-corrected chi connectivity index (χ4v) is 8.39. The molecule has 9 aromatic carbocycles. The van der Waals surface area contributed by atoms with Gasteiger partial charge in [-0.2, -0.15) is 0 Å². The Labute approximate surface area is 342 Å². The van der Waals surface area contributed by atoms with Crippen LogP contribution in [-0.4, -0.2) is 19.5 Å². The van der Waals surface area contributed by atoms with Gasteiger partial charge in [0.15, 0.2) is 17.5 Å². The maximum absolute atomic E-state index is 5.27. The van der Waals surface area contributed by atoms with Crippen LogP contribution in [0.25, 0.3) is 106 Å². The molecule has 4 nitrogen and oxygen atoms in total. The van der Waals surface area contributed by atoms with Crippen LogP contribution in [0, 0.1) is 0 Å². The first-order chi connectivity index (χ1) is 29.2. The molecule has 0 radical (unpaired) electrons. The zero-order chi connectivity index (χ0) is 39.1. The summed E-state index contributed by atoms with van der Waals surface area (Å²) < 4.78 is 2.43. The van der Waals surface area contributed by atoms with E-state index in [0.29, 0.717) is 17.5 Å². The average Bonchev–Trinajstić information content (AvgIpc) is 3.65. The lowest BCUT2D eigenvalue weighted by atomic mass is 9.95. The summed E-state index contributed by atoms with van der Waals surface area (Å²) in [5, 5.41) is 4.72. The number of hydrogen-bond donors (Lipinski definition) is 0. The molecule has 0 saturated heterocycles. The van der Waals surface area contributed by atoms with Crippen LogP contribution in [-0.2, 0) is 0 Å². The molecule has 4 heteroatoms. The Balaban J connectivity index is 1.21. The van der Waals surface area contributed by atoms with Crippen molar-refractivity contribution in [1.82, 2.24) is 19.5 Å². The maximum atomic E-state index is 5.27. The molecule has 0 spiro atoms. The van der Waals surface area contributed by atoms with Crippen molar-refractivity contribution in [2.75, 3.05) is 0 Å². The van der Waals surface area contributed by atoms with Gasteiger partial charge in [0.1, 0.15) is 0 Å². The monoisotopic (exact) mass is 752 g/mol. The van der Waals surface area contributed by atoms with Crippen molar-refractivity contribution in [3.05, 3.63) is 218 Å². The summed E-state index contributed by atoms with van der Waals surface area (Å²) in [6.45, 7) is 0. The molecule has 0 saturated carbocycles. The van der Waals surface area contributed by atoms with E-state index in [4.69, 9.17) is 15.0 Å². The Morgan fingerprint density at radius 2 is 0.763 bits per heavy atom. The van der Waals surface area contributed by atoms with Crippen LogP contribution in [0.3, 0.4) is 0 Å². The van der Waals surface area contributed by atoms with Gasteiger partial charge < -0.3 is 4.57 Å². The second kappa shape index (κ2) is 14.5. The second-order valence-corrected chi connectivity index (χ2v) is 14.8. The molecule has 0 bridgehead atoms. The van der Waals surface area contributed by atoms with E-state index in [1.54, 1.807) is 0 Å². The lowest BCUT2D eigenvalue weighted by Gasteiger charge is -2.14. The Bertz CT molecular complexity index is 3280. The van der Waals surface area contributed by atoms with Gasteiger partial charge in [0, 0.05) is 32.8 Å². The molecule has 0 amide bonds. The summed E-state index contributed by atoms with van der Waals surface area (Å²) in [5.74, 6) is 1.86. The maximum Gasteiger partial charge on any atom is 0.164 e. The summed E-state index contributed by atoms with van der Waals surface area (Å²) in [5.41, 5.74) is 13.0. The average molecular weight is 753 g/mol. The predicted octanol–water partition coefficient (Wildman–Crippen LogP) is 14.1. The lowest BCUT2D eigenvalue weighted by Crippen LogP contribution is -2.01. The first-order valence-electron chi connectivity index (χ1n) is 19.9. The molecule has 11 rings (SSSR count). The molecule has 0 aliphatic carbocycles. The number of hydrogen-bond acceptors (Lipinski definition) is 3. The van der Waals surface area contributed by atoms with Crippen LogP contribution < -0.4 is 0 Å². The first-order valence-corrected chi connectivity index (χ1v) is 19.9. The summed E-state index contributed by atoms with van der Waals surface area (Å²) in [6, 6.07) is 77.1. The predicted molar refractivity (Wildman–Crippen MR) is 244 cm³/mol. The normalized spacial score (nSPS) is 11.4. The van der Waals surface area contributed by atoms with Crippen LogP contribution in [0.2, 0.25) is 0 Å². The third-order valence-electron chi connectivity index (χ3n) is 11.2. The van der Waals surface area contributed by atoms with Crippen molar-refractivity contribution in [3.63, 3.8) is 0 Å². The van der Waals surface area contributed by atoms with E-state index in [0.717, 1.165) is 50.1 Å². The molecule has 0 aliphatic heterocycles. The largest absolute Gasteiger partial charge is 0.309 e. The Morgan fingerprint density at radius 3 is 1.42 bits per heavy atom. The first kappa shape index (κ1) is 34.3. The van der Waals surface area contributed by atoms with Crippen LogP contribution in [0.5, 0.6) is 0 Å². The number of benzene rings is 9. The number of aromatic nitrogens is 4. The zero-order valence-electron chi connectivity index (χ0n) is 32.1. The zero-order valence-corrected chi connectivity index (χ0v) is 32.1. The summed E-state index contributed by atoms with van der Waals surface area (Å²) in [7, 11) is 0. The topological polar surface area (TPSA) is 43.6 Å². The van der Waals surface area contributed by atoms with Crippen molar-refractivity contribution in [1.29, 1.82) is 0 Å². The van der Waals surface area contributed by atoms with E-state index < -0.39 is 0 Å². The quantitative estimate of drug-likeness (QED) is 0.163. The number of fused-ring (bicyclic) bond motifs is 4. The Kier molecular flexibility index (Phi) is 8.45. The minimum Gasteiger partial charge on any atom is -0.309 e. The molecule has 59 heavy (non-hydrogen) atoms. The summed E-state index contributed by atoms with van der Waals surface area (Å²) in [4.78, 5) is 15.6. The minimum absolute atomic E-state index is 0.611. The van der Waals surface area contributed by atoms with Gasteiger partial charge in [-0.05, 0) is 69.1 Å².